The maximum atomic E-state index is 9.65. The van der Waals surface area contributed by atoms with Crippen LogP contribution in [0.2, 0.25) is 0 Å². The van der Waals surface area contributed by atoms with E-state index in [4.69, 9.17) is 0 Å². The lowest BCUT2D eigenvalue weighted by Gasteiger charge is -2.43. The fraction of sp³-hybridized carbons (Fsp3) is 1.00. The molecule has 3 unspecified atom stereocenters. The van der Waals surface area contributed by atoms with Gasteiger partial charge in [-0.05, 0) is 23.7 Å². The Kier molecular flexibility index (Phi) is 2.79. The summed E-state index contributed by atoms with van der Waals surface area (Å²) in [5.74, 6) is 1.43. The van der Waals surface area contributed by atoms with Gasteiger partial charge in [0.2, 0.25) is 0 Å². The second-order valence-corrected chi connectivity index (χ2v) is 4.42. The second-order valence-electron chi connectivity index (χ2n) is 4.42. The molecule has 0 aromatic rings. The first-order valence-electron chi connectivity index (χ1n) is 4.83. The molecule has 72 valence electrons. The third kappa shape index (κ3) is 1.38. The summed E-state index contributed by atoms with van der Waals surface area (Å²) >= 11 is 0. The molecular weight excluding hydrogens is 152 g/mol. The fourth-order valence-electron chi connectivity index (χ4n) is 2.20. The smallest absolute Gasteiger partial charge is 0.0829 e. The van der Waals surface area contributed by atoms with E-state index in [1.165, 1.54) is 0 Å². The van der Waals surface area contributed by atoms with Crippen LogP contribution in [0.5, 0.6) is 0 Å². The van der Waals surface area contributed by atoms with Gasteiger partial charge in [-0.3, -0.25) is 0 Å². The Morgan fingerprint density at radius 1 is 0.583 bits per heavy atom. The van der Waals surface area contributed by atoms with E-state index in [2.05, 4.69) is 13.8 Å². The van der Waals surface area contributed by atoms with Gasteiger partial charge in [-0.25, -0.2) is 0 Å². The topological polar surface area (TPSA) is 40.5 Å². The van der Waals surface area contributed by atoms with Gasteiger partial charge in [-0.1, -0.05) is 27.7 Å². The van der Waals surface area contributed by atoms with Crippen molar-refractivity contribution in [3.8, 4) is 0 Å². The maximum absolute atomic E-state index is 9.65. The van der Waals surface area contributed by atoms with Crippen molar-refractivity contribution < 1.29 is 10.2 Å². The highest BCUT2D eigenvalue weighted by Crippen LogP contribution is 2.38. The number of hydrogen-bond acceptors (Lipinski definition) is 2. The summed E-state index contributed by atoms with van der Waals surface area (Å²) in [4.78, 5) is 0. The Labute approximate surface area is 74.6 Å². The quantitative estimate of drug-likeness (QED) is 0.577. The zero-order valence-electron chi connectivity index (χ0n) is 8.36. The summed E-state index contributed by atoms with van der Waals surface area (Å²) in [6, 6.07) is 0. The number of hydrogen-bond donors (Lipinski definition) is 2. The lowest BCUT2D eigenvalue weighted by molar-refractivity contribution is -0.109. The number of rotatable bonds is 0. The van der Waals surface area contributed by atoms with Crippen molar-refractivity contribution in [1.29, 1.82) is 0 Å². The van der Waals surface area contributed by atoms with E-state index >= 15 is 0 Å². The highest BCUT2D eigenvalue weighted by atomic mass is 16.3. The summed E-state index contributed by atoms with van der Waals surface area (Å²) in [5, 5.41) is 19.3. The highest BCUT2D eigenvalue weighted by molar-refractivity contribution is 4.90. The molecule has 0 heterocycles. The Balaban J connectivity index is 2.76. The molecule has 0 aromatic carbocycles. The Morgan fingerprint density at radius 3 is 1.08 bits per heavy atom. The van der Waals surface area contributed by atoms with Crippen LogP contribution in [0.15, 0.2) is 0 Å². The molecule has 2 N–H and O–H groups in total. The van der Waals surface area contributed by atoms with Gasteiger partial charge in [0, 0.05) is 0 Å². The van der Waals surface area contributed by atoms with E-state index in [1.807, 2.05) is 13.8 Å². The number of aliphatic hydroxyl groups excluding tert-OH is 2. The van der Waals surface area contributed by atoms with Gasteiger partial charge in [0.1, 0.15) is 0 Å². The van der Waals surface area contributed by atoms with Gasteiger partial charge in [-0.2, -0.15) is 0 Å². The van der Waals surface area contributed by atoms with Crippen LogP contribution in [0.1, 0.15) is 27.7 Å². The van der Waals surface area contributed by atoms with E-state index in [-0.39, 0.29) is 11.8 Å². The normalized spacial score (nSPS) is 55.5. The van der Waals surface area contributed by atoms with Gasteiger partial charge in [-0.15, -0.1) is 0 Å². The number of aliphatic hydroxyl groups is 2. The lowest BCUT2D eigenvalue weighted by atomic mass is 9.66. The third-order valence-corrected chi connectivity index (χ3v) is 3.92. The van der Waals surface area contributed by atoms with Crippen LogP contribution in [0.25, 0.3) is 0 Å². The summed E-state index contributed by atoms with van der Waals surface area (Å²) in [6.07, 6.45) is -1.07. The molecule has 2 heteroatoms. The zero-order chi connectivity index (χ0) is 9.46. The average molecular weight is 172 g/mol. The molecule has 0 spiro atoms. The minimum absolute atomic E-state index is 0.214. The van der Waals surface area contributed by atoms with Crippen molar-refractivity contribution in [2.75, 3.05) is 0 Å². The van der Waals surface area contributed by atoms with E-state index < -0.39 is 12.2 Å². The fourth-order valence-corrected chi connectivity index (χ4v) is 2.20. The lowest BCUT2D eigenvalue weighted by Crippen LogP contribution is -2.49. The van der Waals surface area contributed by atoms with E-state index in [0.29, 0.717) is 11.8 Å². The van der Waals surface area contributed by atoms with Crippen molar-refractivity contribution in [1.82, 2.24) is 0 Å². The van der Waals surface area contributed by atoms with Crippen molar-refractivity contribution in [3.63, 3.8) is 0 Å². The Morgan fingerprint density at radius 2 is 0.833 bits per heavy atom. The molecule has 12 heavy (non-hydrogen) atoms. The predicted molar refractivity (Wildman–Crippen MR) is 48.7 cm³/mol. The van der Waals surface area contributed by atoms with Gasteiger partial charge in [0.25, 0.3) is 0 Å². The first-order chi connectivity index (χ1) is 5.46. The first-order valence-corrected chi connectivity index (χ1v) is 4.83. The summed E-state index contributed by atoms with van der Waals surface area (Å²) in [7, 11) is 0. The molecule has 0 amide bonds. The van der Waals surface area contributed by atoms with Crippen LogP contribution in [0.4, 0.5) is 0 Å². The Bertz CT molecular complexity index is 99.4. The van der Waals surface area contributed by atoms with Crippen LogP contribution in [-0.4, -0.2) is 22.4 Å². The third-order valence-electron chi connectivity index (χ3n) is 3.92. The van der Waals surface area contributed by atoms with E-state index in [9.17, 15) is 10.2 Å². The van der Waals surface area contributed by atoms with Crippen molar-refractivity contribution in [3.05, 3.63) is 0 Å². The maximum Gasteiger partial charge on any atom is 0.0829 e. The first kappa shape index (κ1) is 10.0. The van der Waals surface area contributed by atoms with Crippen molar-refractivity contribution in [2.45, 2.75) is 39.9 Å². The molecule has 2 nitrogen and oxygen atoms in total. The van der Waals surface area contributed by atoms with Crippen molar-refractivity contribution >= 4 is 0 Å². The van der Waals surface area contributed by atoms with Crippen LogP contribution < -0.4 is 0 Å². The van der Waals surface area contributed by atoms with E-state index in [1.54, 1.807) is 0 Å². The SMILES string of the molecule is CC1C(O)[C@H](O)[C@H](C)C(C)[C@H]1C. The van der Waals surface area contributed by atoms with Crippen LogP contribution in [0, 0.1) is 23.7 Å². The average Bonchev–Trinajstić information content (AvgIpc) is 2.08. The second kappa shape index (κ2) is 3.35. The molecular formula is C10H20O2. The van der Waals surface area contributed by atoms with Crippen LogP contribution in [0.3, 0.4) is 0 Å². The molecule has 0 saturated heterocycles. The minimum Gasteiger partial charge on any atom is -0.390 e. The molecule has 1 aliphatic carbocycles. The predicted octanol–water partition coefficient (Wildman–Crippen LogP) is 1.27. The highest BCUT2D eigenvalue weighted by Gasteiger charge is 2.41. The summed E-state index contributed by atoms with van der Waals surface area (Å²) in [6.45, 7) is 8.34. The van der Waals surface area contributed by atoms with Crippen LogP contribution >= 0.6 is 0 Å². The van der Waals surface area contributed by atoms with Crippen molar-refractivity contribution in [2.24, 2.45) is 23.7 Å². The molecule has 6 atom stereocenters. The molecule has 1 saturated carbocycles. The molecule has 1 aliphatic rings. The molecule has 0 radical (unpaired) electrons. The molecule has 0 aliphatic heterocycles. The molecule has 0 aromatic heterocycles. The van der Waals surface area contributed by atoms with Gasteiger partial charge in [0.05, 0.1) is 12.2 Å². The molecule has 0 bridgehead atoms. The minimum atomic E-state index is -0.536. The summed E-state index contributed by atoms with van der Waals surface area (Å²) in [5.41, 5.74) is 0. The Hall–Kier alpha value is -0.0800. The monoisotopic (exact) mass is 172 g/mol. The molecule has 1 fully saturated rings. The van der Waals surface area contributed by atoms with Crippen LogP contribution in [-0.2, 0) is 0 Å². The zero-order valence-corrected chi connectivity index (χ0v) is 8.36. The largest absolute Gasteiger partial charge is 0.390 e. The van der Waals surface area contributed by atoms with Gasteiger partial charge in [0.15, 0.2) is 0 Å². The summed E-state index contributed by atoms with van der Waals surface area (Å²) < 4.78 is 0. The van der Waals surface area contributed by atoms with Gasteiger partial charge < -0.3 is 10.2 Å². The standard InChI is InChI=1S/C10H20O2/c1-5-6(2)8(4)10(12)9(11)7(5)3/h5-12H,1-4H3/t5-,6?,7?,8-,9?,10-/m1/s1. The van der Waals surface area contributed by atoms with E-state index in [0.717, 1.165) is 0 Å². The molecule has 1 rings (SSSR count). The van der Waals surface area contributed by atoms with Gasteiger partial charge >= 0.3 is 0 Å².